The average molecular weight is 223 g/mol. The third kappa shape index (κ3) is 1.76. The smallest absolute Gasteiger partial charge is 0.483 e. The molecule has 0 bridgehead atoms. The minimum atomic E-state index is -1.36. The van der Waals surface area contributed by atoms with Crippen LogP contribution in [0.4, 0.5) is 10.5 Å². The van der Waals surface area contributed by atoms with Gasteiger partial charge in [0.2, 0.25) is 0 Å². The highest BCUT2D eigenvalue weighted by molar-refractivity contribution is 5.68. The molecule has 5 nitrogen and oxygen atoms in total. The van der Waals surface area contributed by atoms with E-state index in [1.54, 1.807) is 6.07 Å². The van der Waals surface area contributed by atoms with E-state index in [1.165, 1.54) is 6.07 Å². The fourth-order valence-corrected chi connectivity index (χ4v) is 1.83. The molecule has 1 aromatic carbocycles. The summed E-state index contributed by atoms with van der Waals surface area (Å²) in [5.41, 5.74) is 6.83. The molecule has 1 heterocycles. The summed E-state index contributed by atoms with van der Waals surface area (Å²) < 4.78 is 10.3. The van der Waals surface area contributed by atoms with E-state index in [2.05, 4.69) is 4.74 Å². The molecule has 5 heteroatoms. The second-order valence-corrected chi connectivity index (χ2v) is 4.37. The maximum atomic E-state index is 10.5. The van der Waals surface area contributed by atoms with Crippen molar-refractivity contribution in [1.29, 1.82) is 0 Å². The van der Waals surface area contributed by atoms with E-state index in [0.29, 0.717) is 17.9 Å². The van der Waals surface area contributed by atoms with Crippen molar-refractivity contribution < 1.29 is 19.4 Å². The molecule has 0 aliphatic carbocycles. The zero-order valence-corrected chi connectivity index (χ0v) is 9.11. The summed E-state index contributed by atoms with van der Waals surface area (Å²) in [5, 5.41) is 8.59. The summed E-state index contributed by atoms with van der Waals surface area (Å²) in [6.45, 7) is 3.83. The van der Waals surface area contributed by atoms with E-state index in [1.807, 2.05) is 13.8 Å². The van der Waals surface area contributed by atoms with Crippen LogP contribution < -0.4 is 15.2 Å². The third-order valence-corrected chi connectivity index (χ3v) is 2.44. The van der Waals surface area contributed by atoms with Gasteiger partial charge in [-0.3, -0.25) is 0 Å². The molecule has 0 spiro atoms. The number of hydrogen-bond donors (Lipinski definition) is 2. The van der Waals surface area contributed by atoms with Gasteiger partial charge in [-0.25, -0.2) is 4.79 Å². The number of anilines is 1. The van der Waals surface area contributed by atoms with Crippen LogP contribution in [0.1, 0.15) is 19.4 Å². The number of benzene rings is 1. The number of carboxylic acid groups (broad SMARTS) is 1. The molecule has 0 saturated heterocycles. The maximum Gasteiger partial charge on any atom is 0.511 e. The molecular formula is C11H13NO4. The van der Waals surface area contributed by atoms with Gasteiger partial charge in [-0.1, -0.05) is 0 Å². The van der Waals surface area contributed by atoms with Crippen molar-refractivity contribution in [1.82, 2.24) is 0 Å². The van der Waals surface area contributed by atoms with Crippen molar-refractivity contribution >= 4 is 11.8 Å². The minimum absolute atomic E-state index is 0.197. The molecule has 1 aliphatic heterocycles. The van der Waals surface area contributed by atoms with Crippen molar-refractivity contribution in [2.45, 2.75) is 25.9 Å². The van der Waals surface area contributed by atoms with Gasteiger partial charge in [0.1, 0.15) is 5.60 Å². The molecule has 0 amide bonds. The summed E-state index contributed by atoms with van der Waals surface area (Å²) in [7, 11) is 0. The van der Waals surface area contributed by atoms with E-state index in [9.17, 15) is 4.79 Å². The second kappa shape index (κ2) is 3.30. The van der Waals surface area contributed by atoms with Gasteiger partial charge in [-0.05, 0) is 26.0 Å². The molecule has 16 heavy (non-hydrogen) atoms. The summed E-state index contributed by atoms with van der Waals surface area (Å²) in [6, 6.07) is 3.13. The number of rotatable bonds is 1. The number of nitrogen functional groups attached to an aromatic ring is 1. The van der Waals surface area contributed by atoms with E-state index >= 15 is 0 Å². The first-order valence-electron chi connectivity index (χ1n) is 4.90. The number of carbonyl (C=O) groups is 1. The summed E-state index contributed by atoms with van der Waals surface area (Å²) >= 11 is 0. The van der Waals surface area contributed by atoms with Crippen LogP contribution in [-0.2, 0) is 6.42 Å². The standard InChI is InChI=1S/C11H13NO4/c1-11(2)5-6-7(12)3-4-8(9(6)16-11)15-10(13)14/h3-4H,5,12H2,1-2H3,(H,13,14). The number of nitrogens with two attached hydrogens (primary N) is 1. The van der Waals surface area contributed by atoms with Crippen molar-refractivity contribution in [2.24, 2.45) is 0 Å². The molecule has 1 aliphatic rings. The van der Waals surface area contributed by atoms with Gasteiger partial charge in [0.05, 0.1) is 0 Å². The van der Waals surface area contributed by atoms with Crippen LogP contribution in [0.15, 0.2) is 12.1 Å². The molecule has 1 aromatic rings. The SMILES string of the molecule is CC1(C)Cc2c(N)ccc(OC(=O)O)c2O1. The number of fused-ring (bicyclic) bond motifs is 1. The molecule has 0 aromatic heterocycles. The topological polar surface area (TPSA) is 81.8 Å². The highest BCUT2D eigenvalue weighted by Gasteiger charge is 2.34. The Kier molecular flexibility index (Phi) is 2.18. The maximum absolute atomic E-state index is 10.5. The Balaban J connectivity index is 2.46. The Morgan fingerprint density at radius 3 is 2.88 bits per heavy atom. The molecule has 0 radical (unpaired) electrons. The van der Waals surface area contributed by atoms with Gasteiger partial charge in [-0.15, -0.1) is 0 Å². The zero-order chi connectivity index (χ0) is 11.9. The van der Waals surface area contributed by atoms with Gasteiger partial charge in [0.15, 0.2) is 11.5 Å². The van der Waals surface area contributed by atoms with Crippen molar-refractivity contribution in [3.63, 3.8) is 0 Å². The molecule has 2 rings (SSSR count). The minimum Gasteiger partial charge on any atom is -0.483 e. The number of hydrogen-bond acceptors (Lipinski definition) is 4. The lowest BCUT2D eigenvalue weighted by Gasteiger charge is -2.17. The first-order valence-corrected chi connectivity index (χ1v) is 4.90. The molecule has 86 valence electrons. The molecular weight excluding hydrogens is 210 g/mol. The molecule has 0 unspecified atom stereocenters. The summed E-state index contributed by atoms with van der Waals surface area (Å²) in [5.74, 6) is 0.634. The van der Waals surface area contributed by atoms with E-state index in [4.69, 9.17) is 15.6 Å². The third-order valence-electron chi connectivity index (χ3n) is 2.44. The van der Waals surface area contributed by atoms with Gasteiger partial charge in [0.25, 0.3) is 0 Å². The number of ether oxygens (including phenoxy) is 2. The molecule has 3 N–H and O–H groups in total. The Bertz CT molecular complexity index is 454. The van der Waals surface area contributed by atoms with Crippen LogP contribution in [0.5, 0.6) is 11.5 Å². The van der Waals surface area contributed by atoms with E-state index < -0.39 is 6.16 Å². The Hall–Kier alpha value is -1.91. The van der Waals surface area contributed by atoms with Gasteiger partial charge < -0.3 is 20.3 Å². The van der Waals surface area contributed by atoms with Crippen LogP contribution in [-0.4, -0.2) is 16.9 Å². The van der Waals surface area contributed by atoms with Crippen molar-refractivity contribution in [2.75, 3.05) is 5.73 Å². The summed E-state index contributed by atoms with van der Waals surface area (Å²) in [4.78, 5) is 10.5. The normalized spacial score (nSPS) is 16.4. The Morgan fingerprint density at radius 2 is 2.25 bits per heavy atom. The zero-order valence-electron chi connectivity index (χ0n) is 9.11. The first-order chi connectivity index (χ1) is 7.39. The Labute approximate surface area is 92.8 Å². The predicted octanol–water partition coefficient (Wildman–Crippen LogP) is 2.04. The largest absolute Gasteiger partial charge is 0.511 e. The summed E-state index contributed by atoms with van der Waals surface area (Å²) in [6.07, 6.45) is -0.717. The van der Waals surface area contributed by atoms with Crippen LogP contribution >= 0.6 is 0 Å². The van der Waals surface area contributed by atoms with E-state index in [-0.39, 0.29) is 11.4 Å². The van der Waals surface area contributed by atoms with Crippen molar-refractivity contribution in [3.05, 3.63) is 17.7 Å². The molecule has 0 atom stereocenters. The van der Waals surface area contributed by atoms with E-state index in [0.717, 1.165) is 5.56 Å². The fraction of sp³-hybridized carbons (Fsp3) is 0.364. The highest BCUT2D eigenvalue weighted by atomic mass is 16.7. The van der Waals surface area contributed by atoms with Crippen molar-refractivity contribution in [3.8, 4) is 11.5 Å². The van der Waals surface area contributed by atoms with Crippen LogP contribution in [0.3, 0.4) is 0 Å². The Morgan fingerprint density at radius 1 is 1.56 bits per heavy atom. The quantitative estimate of drug-likeness (QED) is 0.432. The lowest BCUT2D eigenvalue weighted by molar-refractivity contribution is 0.123. The van der Waals surface area contributed by atoms with Crippen LogP contribution in [0, 0.1) is 0 Å². The van der Waals surface area contributed by atoms with Gasteiger partial charge >= 0.3 is 6.16 Å². The lowest BCUT2D eigenvalue weighted by Crippen LogP contribution is -2.25. The monoisotopic (exact) mass is 223 g/mol. The van der Waals surface area contributed by atoms with Crippen LogP contribution in [0.25, 0.3) is 0 Å². The van der Waals surface area contributed by atoms with Gasteiger partial charge in [0, 0.05) is 17.7 Å². The fourth-order valence-electron chi connectivity index (χ4n) is 1.83. The first kappa shape index (κ1) is 10.6. The predicted molar refractivity (Wildman–Crippen MR) is 57.9 cm³/mol. The highest BCUT2D eigenvalue weighted by Crippen LogP contribution is 2.44. The molecule has 0 fully saturated rings. The second-order valence-electron chi connectivity index (χ2n) is 4.37. The van der Waals surface area contributed by atoms with Gasteiger partial charge in [-0.2, -0.15) is 0 Å². The average Bonchev–Trinajstić information content (AvgIpc) is 2.47. The van der Waals surface area contributed by atoms with Crippen LogP contribution in [0.2, 0.25) is 0 Å². The lowest BCUT2D eigenvalue weighted by atomic mass is 10.0. The molecule has 0 saturated carbocycles.